The van der Waals surface area contributed by atoms with Gasteiger partial charge in [0.15, 0.2) is 0 Å². The maximum Gasteiger partial charge on any atom is 0.416 e. The summed E-state index contributed by atoms with van der Waals surface area (Å²) in [6, 6.07) is 4.70. The number of hydrogen-bond donors (Lipinski definition) is 2. The number of carbonyl (C=O) groups excluding carboxylic acids is 1. The molecule has 1 amide bonds. The van der Waals surface area contributed by atoms with Crippen LogP contribution in [-0.4, -0.2) is 18.5 Å². The highest BCUT2D eigenvalue weighted by atomic mass is 19.4. The first-order valence-corrected chi connectivity index (χ1v) is 7.05. The zero-order valence-electron chi connectivity index (χ0n) is 11.5. The van der Waals surface area contributed by atoms with E-state index >= 15 is 0 Å². The molecule has 1 spiro atoms. The highest BCUT2D eigenvalue weighted by molar-refractivity contribution is 5.82. The molecule has 1 heterocycles. The van der Waals surface area contributed by atoms with E-state index in [1.54, 1.807) is 0 Å². The Morgan fingerprint density at radius 3 is 2.48 bits per heavy atom. The molecule has 1 aromatic rings. The molecule has 2 N–H and O–H groups in total. The van der Waals surface area contributed by atoms with E-state index in [0.717, 1.165) is 25.1 Å². The Bertz CT molecular complexity index is 535. The maximum atomic E-state index is 12.4. The van der Waals surface area contributed by atoms with Gasteiger partial charge in [0.05, 0.1) is 11.6 Å². The van der Waals surface area contributed by atoms with E-state index < -0.39 is 11.7 Å². The van der Waals surface area contributed by atoms with Crippen LogP contribution in [0.3, 0.4) is 0 Å². The highest BCUT2D eigenvalue weighted by Gasteiger charge is 2.49. The standard InChI is InChI=1S/C15H17F3N2O/c16-15(17,18)11-3-1-10(2-4-11)8-19-13(21)12-7-14(5-6-14)9-20-12/h1-4,12,20H,5-9H2,(H,19,21). The molecule has 114 valence electrons. The van der Waals surface area contributed by atoms with Crippen molar-refractivity contribution in [3.05, 3.63) is 35.4 Å². The molecule has 21 heavy (non-hydrogen) atoms. The summed E-state index contributed by atoms with van der Waals surface area (Å²) in [5, 5.41) is 6.00. The maximum absolute atomic E-state index is 12.4. The predicted octanol–water partition coefficient (Wildman–Crippen LogP) is 2.46. The number of alkyl halides is 3. The first kappa shape index (κ1) is 14.4. The topological polar surface area (TPSA) is 41.1 Å². The molecule has 1 atom stereocenters. The molecule has 1 unspecified atom stereocenters. The number of carbonyl (C=O) groups is 1. The second kappa shape index (κ2) is 5.02. The summed E-state index contributed by atoms with van der Waals surface area (Å²) >= 11 is 0. The molecule has 1 aromatic carbocycles. The number of rotatable bonds is 3. The van der Waals surface area contributed by atoms with Crippen LogP contribution in [0.4, 0.5) is 13.2 Å². The van der Waals surface area contributed by atoms with Crippen LogP contribution in [0.5, 0.6) is 0 Å². The van der Waals surface area contributed by atoms with E-state index in [-0.39, 0.29) is 18.5 Å². The van der Waals surface area contributed by atoms with Crippen molar-refractivity contribution < 1.29 is 18.0 Å². The monoisotopic (exact) mass is 298 g/mol. The van der Waals surface area contributed by atoms with Crippen molar-refractivity contribution in [2.45, 2.75) is 38.0 Å². The number of nitrogens with one attached hydrogen (secondary N) is 2. The van der Waals surface area contributed by atoms with E-state index in [2.05, 4.69) is 10.6 Å². The third-order valence-corrected chi connectivity index (χ3v) is 4.38. The van der Waals surface area contributed by atoms with Crippen LogP contribution in [0.15, 0.2) is 24.3 Å². The average Bonchev–Trinajstić information content (AvgIpc) is 3.05. The van der Waals surface area contributed by atoms with E-state index in [1.807, 2.05) is 0 Å². The predicted molar refractivity (Wildman–Crippen MR) is 71.4 cm³/mol. The SMILES string of the molecule is O=C(NCc1ccc(C(F)(F)F)cc1)C1CC2(CC2)CN1. The van der Waals surface area contributed by atoms with Gasteiger partial charge in [0.2, 0.25) is 5.91 Å². The van der Waals surface area contributed by atoms with E-state index in [1.165, 1.54) is 25.0 Å². The van der Waals surface area contributed by atoms with Gasteiger partial charge in [-0.05, 0) is 42.4 Å². The Balaban J connectivity index is 1.52. The first-order chi connectivity index (χ1) is 9.88. The zero-order valence-corrected chi connectivity index (χ0v) is 11.5. The molecule has 3 rings (SSSR count). The van der Waals surface area contributed by atoms with Crippen LogP contribution < -0.4 is 10.6 Å². The summed E-state index contributed by atoms with van der Waals surface area (Å²) in [7, 11) is 0. The minimum Gasteiger partial charge on any atom is -0.351 e. The number of amides is 1. The van der Waals surface area contributed by atoms with Gasteiger partial charge < -0.3 is 10.6 Å². The molecule has 0 bridgehead atoms. The summed E-state index contributed by atoms with van der Waals surface area (Å²) in [4.78, 5) is 12.0. The summed E-state index contributed by atoms with van der Waals surface area (Å²) < 4.78 is 37.3. The average molecular weight is 298 g/mol. The molecular weight excluding hydrogens is 281 g/mol. The quantitative estimate of drug-likeness (QED) is 0.900. The summed E-state index contributed by atoms with van der Waals surface area (Å²) in [5.41, 5.74) is 0.331. The third-order valence-electron chi connectivity index (χ3n) is 4.38. The van der Waals surface area contributed by atoms with Gasteiger partial charge in [-0.3, -0.25) is 4.79 Å². The van der Waals surface area contributed by atoms with Crippen LogP contribution in [0, 0.1) is 5.41 Å². The molecule has 3 nitrogen and oxygen atoms in total. The van der Waals surface area contributed by atoms with E-state index in [0.29, 0.717) is 11.0 Å². The molecule has 1 saturated carbocycles. The Morgan fingerprint density at radius 2 is 1.95 bits per heavy atom. The van der Waals surface area contributed by atoms with Gasteiger partial charge in [0.1, 0.15) is 0 Å². The van der Waals surface area contributed by atoms with Crippen LogP contribution in [0.2, 0.25) is 0 Å². The summed E-state index contributed by atoms with van der Waals surface area (Å²) in [6.07, 6.45) is -1.09. The van der Waals surface area contributed by atoms with Crippen molar-refractivity contribution in [3.63, 3.8) is 0 Å². The molecule has 0 aromatic heterocycles. The van der Waals surface area contributed by atoms with Crippen molar-refractivity contribution in [2.75, 3.05) is 6.54 Å². The Morgan fingerprint density at radius 1 is 1.29 bits per heavy atom. The Hall–Kier alpha value is -1.56. The van der Waals surface area contributed by atoms with Crippen molar-refractivity contribution in [1.82, 2.24) is 10.6 Å². The number of benzene rings is 1. The second-order valence-electron chi connectivity index (χ2n) is 6.05. The van der Waals surface area contributed by atoms with Gasteiger partial charge >= 0.3 is 6.18 Å². The Labute approximate surface area is 120 Å². The smallest absolute Gasteiger partial charge is 0.351 e. The highest BCUT2D eigenvalue weighted by Crippen LogP contribution is 2.51. The lowest BCUT2D eigenvalue weighted by atomic mass is 10.0. The van der Waals surface area contributed by atoms with Gasteiger partial charge in [0.25, 0.3) is 0 Å². The van der Waals surface area contributed by atoms with Crippen molar-refractivity contribution >= 4 is 5.91 Å². The molecular formula is C15H17F3N2O. The number of halogens is 3. The normalized spacial score (nSPS) is 23.3. The van der Waals surface area contributed by atoms with Crippen molar-refractivity contribution in [1.29, 1.82) is 0 Å². The first-order valence-electron chi connectivity index (χ1n) is 7.05. The van der Waals surface area contributed by atoms with E-state index in [9.17, 15) is 18.0 Å². The molecule has 2 aliphatic rings. The molecule has 1 aliphatic carbocycles. The fourth-order valence-electron chi connectivity index (χ4n) is 2.78. The van der Waals surface area contributed by atoms with Gasteiger partial charge in [0, 0.05) is 13.1 Å². The fraction of sp³-hybridized carbons (Fsp3) is 0.533. The van der Waals surface area contributed by atoms with Crippen molar-refractivity contribution in [3.8, 4) is 0 Å². The lowest BCUT2D eigenvalue weighted by Gasteiger charge is -2.12. The minimum absolute atomic E-state index is 0.0707. The number of hydrogen-bond acceptors (Lipinski definition) is 2. The second-order valence-corrected chi connectivity index (χ2v) is 6.05. The molecule has 0 radical (unpaired) electrons. The summed E-state index contributed by atoms with van der Waals surface area (Å²) in [5.74, 6) is -0.0707. The van der Waals surface area contributed by atoms with Gasteiger partial charge in [-0.2, -0.15) is 13.2 Å². The molecule has 2 fully saturated rings. The van der Waals surface area contributed by atoms with Crippen LogP contribution in [0.1, 0.15) is 30.4 Å². The Kier molecular flexibility index (Phi) is 3.43. The van der Waals surface area contributed by atoms with Gasteiger partial charge in [-0.15, -0.1) is 0 Å². The fourth-order valence-corrected chi connectivity index (χ4v) is 2.78. The van der Waals surface area contributed by atoms with Crippen LogP contribution in [-0.2, 0) is 17.5 Å². The third kappa shape index (κ3) is 3.20. The molecule has 6 heteroatoms. The summed E-state index contributed by atoms with van der Waals surface area (Å²) in [6.45, 7) is 1.15. The van der Waals surface area contributed by atoms with Crippen molar-refractivity contribution in [2.24, 2.45) is 5.41 Å². The minimum atomic E-state index is -4.33. The molecule has 1 saturated heterocycles. The van der Waals surface area contributed by atoms with E-state index in [4.69, 9.17) is 0 Å². The van der Waals surface area contributed by atoms with Crippen LogP contribution >= 0.6 is 0 Å². The van der Waals surface area contributed by atoms with Crippen LogP contribution in [0.25, 0.3) is 0 Å². The lowest BCUT2D eigenvalue weighted by Crippen LogP contribution is -2.40. The van der Waals surface area contributed by atoms with Gasteiger partial charge in [-0.1, -0.05) is 12.1 Å². The zero-order chi connectivity index (χ0) is 15.1. The van der Waals surface area contributed by atoms with Gasteiger partial charge in [-0.25, -0.2) is 0 Å². The lowest BCUT2D eigenvalue weighted by molar-refractivity contribution is -0.137. The largest absolute Gasteiger partial charge is 0.416 e. The molecule has 1 aliphatic heterocycles.